The van der Waals surface area contributed by atoms with Crippen LogP contribution in [0.2, 0.25) is 0 Å². The van der Waals surface area contributed by atoms with Crippen molar-refractivity contribution in [3.63, 3.8) is 0 Å². The molecule has 2 N–H and O–H groups in total. The van der Waals surface area contributed by atoms with Crippen molar-refractivity contribution in [2.45, 2.75) is 45.8 Å². The minimum absolute atomic E-state index is 0.571. The molecule has 1 aliphatic rings. The normalized spacial score (nSPS) is 19.9. The van der Waals surface area contributed by atoms with Crippen LogP contribution < -0.4 is 10.6 Å². The summed E-state index contributed by atoms with van der Waals surface area (Å²) in [5.74, 6) is 0. The molecule has 1 aliphatic heterocycles. The summed E-state index contributed by atoms with van der Waals surface area (Å²) in [4.78, 5) is 0. The molecule has 0 saturated heterocycles. The Morgan fingerprint density at radius 2 is 2.19 bits per heavy atom. The van der Waals surface area contributed by atoms with Crippen LogP contribution in [0.25, 0.3) is 0 Å². The summed E-state index contributed by atoms with van der Waals surface area (Å²) >= 11 is 0. The molecule has 16 heavy (non-hydrogen) atoms. The zero-order chi connectivity index (χ0) is 11.5. The SMILES string of the molecule is Cc1ccc2c(c1)CNC(CNC(C)C)C2. The first kappa shape index (κ1) is 11.6. The summed E-state index contributed by atoms with van der Waals surface area (Å²) in [6, 6.07) is 7.96. The second-order valence-corrected chi connectivity index (χ2v) is 5.12. The van der Waals surface area contributed by atoms with Gasteiger partial charge >= 0.3 is 0 Å². The number of rotatable bonds is 3. The Morgan fingerprint density at radius 1 is 1.38 bits per heavy atom. The lowest BCUT2D eigenvalue weighted by atomic mass is 9.94. The summed E-state index contributed by atoms with van der Waals surface area (Å²) < 4.78 is 0. The molecule has 0 amide bonds. The van der Waals surface area contributed by atoms with Crippen molar-refractivity contribution in [1.29, 1.82) is 0 Å². The van der Waals surface area contributed by atoms with Crippen molar-refractivity contribution < 1.29 is 0 Å². The van der Waals surface area contributed by atoms with Gasteiger partial charge in [-0.05, 0) is 24.5 Å². The molecule has 2 heteroatoms. The molecule has 0 aromatic heterocycles. The van der Waals surface area contributed by atoms with Crippen LogP contribution in [0.3, 0.4) is 0 Å². The number of hydrogen-bond donors (Lipinski definition) is 2. The first-order valence-electron chi connectivity index (χ1n) is 6.20. The highest BCUT2D eigenvalue weighted by molar-refractivity contribution is 5.33. The van der Waals surface area contributed by atoms with Gasteiger partial charge in [0.25, 0.3) is 0 Å². The minimum Gasteiger partial charge on any atom is -0.313 e. The molecule has 1 aromatic carbocycles. The van der Waals surface area contributed by atoms with Crippen LogP contribution in [-0.2, 0) is 13.0 Å². The first-order chi connectivity index (χ1) is 7.65. The fourth-order valence-electron chi connectivity index (χ4n) is 2.23. The molecule has 2 rings (SSSR count). The molecule has 1 aromatic rings. The van der Waals surface area contributed by atoms with Gasteiger partial charge < -0.3 is 10.6 Å². The lowest BCUT2D eigenvalue weighted by Gasteiger charge is -2.27. The number of aryl methyl sites for hydroxylation is 1. The van der Waals surface area contributed by atoms with E-state index >= 15 is 0 Å². The van der Waals surface area contributed by atoms with Gasteiger partial charge in [0.05, 0.1) is 0 Å². The molecule has 1 unspecified atom stereocenters. The monoisotopic (exact) mass is 218 g/mol. The van der Waals surface area contributed by atoms with Gasteiger partial charge in [-0.1, -0.05) is 37.6 Å². The van der Waals surface area contributed by atoms with E-state index in [4.69, 9.17) is 0 Å². The second kappa shape index (κ2) is 4.98. The van der Waals surface area contributed by atoms with E-state index in [-0.39, 0.29) is 0 Å². The van der Waals surface area contributed by atoms with Crippen LogP contribution >= 0.6 is 0 Å². The third-order valence-corrected chi connectivity index (χ3v) is 3.18. The molecule has 2 nitrogen and oxygen atoms in total. The number of benzene rings is 1. The molecule has 0 saturated carbocycles. The largest absolute Gasteiger partial charge is 0.313 e. The van der Waals surface area contributed by atoms with Crippen molar-refractivity contribution in [3.05, 3.63) is 34.9 Å². The Bertz CT molecular complexity index is 358. The molecular weight excluding hydrogens is 196 g/mol. The minimum atomic E-state index is 0.571. The second-order valence-electron chi connectivity index (χ2n) is 5.12. The maximum atomic E-state index is 3.60. The van der Waals surface area contributed by atoms with E-state index in [1.165, 1.54) is 16.7 Å². The molecule has 0 bridgehead atoms. The fraction of sp³-hybridized carbons (Fsp3) is 0.571. The first-order valence-corrected chi connectivity index (χ1v) is 6.20. The van der Waals surface area contributed by atoms with Gasteiger partial charge in [-0.2, -0.15) is 0 Å². The maximum Gasteiger partial charge on any atom is 0.0236 e. The average Bonchev–Trinajstić information content (AvgIpc) is 2.26. The van der Waals surface area contributed by atoms with E-state index in [0.717, 1.165) is 19.5 Å². The summed E-state index contributed by atoms with van der Waals surface area (Å²) in [5.41, 5.74) is 4.35. The topological polar surface area (TPSA) is 24.1 Å². The zero-order valence-corrected chi connectivity index (χ0v) is 10.5. The summed E-state index contributed by atoms with van der Waals surface area (Å²) in [6.45, 7) is 8.62. The molecule has 0 fully saturated rings. The van der Waals surface area contributed by atoms with Crippen LogP contribution in [0.1, 0.15) is 30.5 Å². The highest BCUT2D eigenvalue weighted by atomic mass is 15.0. The van der Waals surface area contributed by atoms with Crippen molar-refractivity contribution >= 4 is 0 Å². The summed E-state index contributed by atoms with van der Waals surface area (Å²) in [5, 5.41) is 7.09. The Kier molecular flexibility index (Phi) is 3.62. The third-order valence-electron chi connectivity index (χ3n) is 3.18. The standard InChI is InChI=1S/C14H22N2/c1-10(2)15-9-14-7-12-5-4-11(3)6-13(12)8-16-14/h4-6,10,14-16H,7-9H2,1-3H3. The lowest BCUT2D eigenvalue weighted by Crippen LogP contribution is -2.44. The van der Waals surface area contributed by atoms with E-state index in [2.05, 4.69) is 49.6 Å². The van der Waals surface area contributed by atoms with Crippen molar-refractivity contribution in [1.82, 2.24) is 10.6 Å². The zero-order valence-electron chi connectivity index (χ0n) is 10.5. The van der Waals surface area contributed by atoms with Crippen LogP contribution in [0.4, 0.5) is 0 Å². The van der Waals surface area contributed by atoms with E-state index in [0.29, 0.717) is 12.1 Å². The molecular formula is C14H22N2. The van der Waals surface area contributed by atoms with Crippen LogP contribution in [-0.4, -0.2) is 18.6 Å². The summed E-state index contributed by atoms with van der Waals surface area (Å²) in [6.07, 6.45) is 1.15. The van der Waals surface area contributed by atoms with Gasteiger partial charge in [0.15, 0.2) is 0 Å². The van der Waals surface area contributed by atoms with E-state index in [1.807, 2.05) is 0 Å². The van der Waals surface area contributed by atoms with Gasteiger partial charge in [-0.15, -0.1) is 0 Å². The van der Waals surface area contributed by atoms with Gasteiger partial charge in [-0.25, -0.2) is 0 Å². The molecule has 0 radical (unpaired) electrons. The maximum absolute atomic E-state index is 3.60. The van der Waals surface area contributed by atoms with Gasteiger partial charge in [-0.3, -0.25) is 0 Å². The third kappa shape index (κ3) is 2.83. The molecule has 0 spiro atoms. The molecule has 88 valence electrons. The van der Waals surface area contributed by atoms with Crippen LogP contribution in [0.15, 0.2) is 18.2 Å². The predicted molar refractivity (Wildman–Crippen MR) is 68.6 cm³/mol. The average molecular weight is 218 g/mol. The van der Waals surface area contributed by atoms with Crippen LogP contribution in [0.5, 0.6) is 0 Å². The van der Waals surface area contributed by atoms with E-state index in [1.54, 1.807) is 0 Å². The highest BCUT2D eigenvalue weighted by Crippen LogP contribution is 2.17. The fourth-order valence-corrected chi connectivity index (χ4v) is 2.23. The van der Waals surface area contributed by atoms with Crippen molar-refractivity contribution in [2.24, 2.45) is 0 Å². The Morgan fingerprint density at radius 3 is 2.94 bits per heavy atom. The van der Waals surface area contributed by atoms with Gasteiger partial charge in [0, 0.05) is 25.2 Å². The predicted octanol–water partition coefficient (Wildman–Crippen LogP) is 2.01. The highest BCUT2D eigenvalue weighted by Gasteiger charge is 2.17. The van der Waals surface area contributed by atoms with E-state index in [9.17, 15) is 0 Å². The molecule has 0 aliphatic carbocycles. The van der Waals surface area contributed by atoms with Crippen molar-refractivity contribution in [2.75, 3.05) is 6.54 Å². The smallest absolute Gasteiger partial charge is 0.0236 e. The molecule has 1 atom stereocenters. The van der Waals surface area contributed by atoms with E-state index < -0.39 is 0 Å². The number of hydrogen-bond acceptors (Lipinski definition) is 2. The van der Waals surface area contributed by atoms with Crippen LogP contribution in [0, 0.1) is 6.92 Å². The lowest BCUT2D eigenvalue weighted by molar-refractivity contribution is 0.430. The Labute approximate surface area is 98.4 Å². The van der Waals surface area contributed by atoms with Gasteiger partial charge in [0.1, 0.15) is 0 Å². The molecule has 1 heterocycles. The van der Waals surface area contributed by atoms with Crippen molar-refractivity contribution in [3.8, 4) is 0 Å². The van der Waals surface area contributed by atoms with Gasteiger partial charge in [0.2, 0.25) is 0 Å². The Balaban J connectivity index is 1.98. The quantitative estimate of drug-likeness (QED) is 0.811. The number of nitrogens with one attached hydrogen (secondary N) is 2. The summed E-state index contributed by atoms with van der Waals surface area (Å²) in [7, 11) is 0. The number of fused-ring (bicyclic) bond motifs is 1. The Hall–Kier alpha value is -0.860.